The van der Waals surface area contributed by atoms with Gasteiger partial charge in [0.25, 0.3) is 0 Å². The number of hydrogen-bond acceptors (Lipinski definition) is 3. The van der Waals surface area contributed by atoms with E-state index in [-0.39, 0.29) is 0 Å². The van der Waals surface area contributed by atoms with E-state index < -0.39 is 0 Å². The quantitative estimate of drug-likeness (QED) is 0.848. The Bertz CT molecular complexity index is 552. The fourth-order valence-electron chi connectivity index (χ4n) is 1.90. The molecule has 0 fully saturated rings. The van der Waals surface area contributed by atoms with Crippen molar-refractivity contribution in [3.8, 4) is 11.5 Å². The number of aliphatic hydroxyl groups is 1. The molecule has 0 atom stereocenters. The molecule has 0 radical (unpaired) electrons. The third-order valence-electron chi connectivity index (χ3n) is 2.88. The molecule has 3 heteroatoms. The normalized spacial score (nSPS) is 11.2. The third kappa shape index (κ3) is 2.88. The van der Waals surface area contributed by atoms with Crippen LogP contribution in [-0.2, 0) is 0 Å². The second-order valence-corrected chi connectivity index (χ2v) is 4.01. The van der Waals surface area contributed by atoms with E-state index in [0.29, 0.717) is 11.5 Å². The maximum atomic E-state index is 9.52. The monoisotopic (exact) mass is 256 g/mol. The molecule has 0 heterocycles. The van der Waals surface area contributed by atoms with E-state index in [9.17, 15) is 5.11 Å². The van der Waals surface area contributed by atoms with Gasteiger partial charge in [0.1, 0.15) is 11.5 Å². The molecule has 3 nitrogen and oxygen atoms in total. The minimum Gasteiger partial charge on any atom is -0.515 e. The molecule has 98 valence electrons. The van der Waals surface area contributed by atoms with Gasteiger partial charge in [0, 0.05) is 11.6 Å². The van der Waals surface area contributed by atoms with E-state index >= 15 is 0 Å². The standard InChI is InChI=1S/C16H16O3/c1-18-14-8-13(9-15(10-14)19-2)16(11-17)12-6-4-3-5-7-12/h3-11,17H,1-2H3. The molecular formula is C16H16O3. The fraction of sp³-hybridized carbons (Fsp3) is 0.125. The molecule has 0 unspecified atom stereocenters. The zero-order valence-corrected chi connectivity index (χ0v) is 11.0. The van der Waals surface area contributed by atoms with Crippen LogP contribution in [0.3, 0.4) is 0 Å². The number of benzene rings is 2. The Morgan fingerprint density at radius 1 is 0.895 bits per heavy atom. The average molecular weight is 256 g/mol. The van der Waals surface area contributed by atoms with Gasteiger partial charge in [-0.25, -0.2) is 0 Å². The number of methoxy groups -OCH3 is 2. The zero-order chi connectivity index (χ0) is 13.7. The lowest BCUT2D eigenvalue weighted by Crippen LogP contribution is -1.93. The Labute approximate surface area is 112 Å². The predicted molar refractivity (Wildman–Crippen MR) is 75.7 cm³/mol. The summed E-state index contributed by atoms with van der Waals surface area (Å²) in [5, 5.41) is 9.52. The number of rotatable bonds is 4. The summed E-state index contributed by atoms with van der Waals surface area (Å²) in [6.45, 7) is 0. The topological polar surface area (TPSA) is 38.7 Å². The largest absolute Gasteiger partial charge is 0.515 e. The molecule has 1 N–H and O–H groups in total. The smallest absolute Gasteiger partial charge is 0.123 e. The van der Waals surface area contributed by atoms with Crippen molar-refractivity contribution < 1.29 is 14.6 Å². The van der Waals surface area contributed by atoms with Crippen molar-refractivity contribution >= 4 is 5.57 Å². The van der Waals surface area contributed by atoms with Gasteiger partial charge in [-0.1, -0.05) is 30.3 Å². The highest BCUT2D eigenvalue weighted by molar-refractivity contribution is 5.80. The average Bonchev–Trinajstić information content (AvgIpc) is 2.48. The van der Waals surface area contributed by atoms with E-state index in [1.807, 2.05) is 42.5 Å². The van der Waals surface area contributed by atoms with Crippen molar-refractivity contribution in [3.63, 3.8) is 0 Å². The molecule has 0 aliphatic rings. The van der Waals surface area contributed by atoms with Gasteiger partial charge < -0.3 is 14.6 Å². The Kier molecular flexibility index (Phi) is 4.08. The fourth-order valence-corrected chi connectivity index (χ4v) is 1.90. The van der Waals surface area contributed by atoms with E-state index in [1.165, 1.54) is 0 Å². The Morgan fingerprint density at radius 3 is 1.95 bits per heavy atom. The van der Waals surface area contributed by atoms with Gasteiger partial charge in [0.2, 0.25) is 0 Å². The van der Waals surface area contributed by atoms with Crippen molar-refractivity contribution in [1.29, 1.82) is 0 Å². The molecule has 0 aliphatic carbocycles. The van der Waals surface area contributed by atoms with Gasteiger partial charge in [-0.05, 0) is 23.3 Å². The number of ether oxygens (including phenoxy) is 2. The van der Waals surface area contributed by atoms with Crippen LogP contribution >= 0.6 is 0 Å². The van der Waals surface area contributed by atoms with E-state index in [1.54, 1.807) is 20.3 Å². The van der Waals surface area contributed by atoms with Crippen LogP contribution in [0, 0.1) is 0 Å². The summed E-state index contributed by atoms with van der Waals surface area (Å²) in [4.78, 5) is 0. The van der Waals surface area contributed by atoms with Crippen molar-refractivity contribution in [2.45, 2.75) is 0 Å². The van der Waals surface area contributed by atoms with Crippen molar-refractivity contribution in [3.05, 3.63) is 65.9 Å². The highest BCUT2D eigenvalue weighted by Crippen LogP contribution is 2.30. The first kappa shape index (κ1) is 13.0. The van der Waals surface area contributed by atoms with Crippen LogP contribution in [0.25, 0.3) is 5.57 Å². The predicted octanol–water partition coefficient (Wildman–Crippen LogP) is 3.65. The number of aliphatic hydroxyl groups excluding tert-OH is 1. The van der Waals surface area contributed by atoms with Gasteiger partial charge in [-0.15, -0.1) is 0 Å². The van der Waals surface area contributed by atoms with Crippen molar-refractivity contribution in [2.24, 2.45) is 0 Å². The summed E-state index contributed by atoms with van der Waals surface area (Å²) >= 11 is 0. The first-order valence-corrected chi connectivity index (χ1v) is 5.91. The van der Waals surface area contributed by atoms with E-state index in [0.717, 1.165) is 23.0 Å². The molecule has 0 saturated heterocycles. The lowest BCUT2D eigenvalue weighted by atomic mass is 9.99. The molecule has 0 spiro atoms. The summed E-state index contributed by atoms with van der Waals surface area (Å²) in [6.07, 6.45) is 1.10. The van der Waals surface area contributed by atoms with Crippen LogP contribution in [0.1, 0.15) is 11.1 Å². The minimum absolute atomic E-state index is 0.685. The molecular weight excluding hydrogens is 240 g/mol. The SMILES string of the molecule is COc1cc(OC)cc(C(=CO)c2ccccc2)c1. The van der Waals surface area contributed by atoms with Crippen LogP contribution in [0.5, 0.6) is 11.5 Å². The van der Waals surface area contributed by atoms with Crippen molar-refractivity contribution in [2.75, 3.05) is 14.2 Å². The van der Waals surface area contributed by atoms with E-state index in [4.69, 9.17) is 9.47 Å². The first-order valence-electron chi connectivity index (χ1n) is 5.91. The Balaban J connectivity index is 2.50. The maximum Gasteiger partial charge on any atom is 0.123 e. The molecule has 0 saturated carbocycles. The van der Waals surface area contributed by atoms with Gasteiger partial charge in [-0.2, -0.15) is 0 Å². The second kappa shape index (κ2) is 5.96. The van der Waals surface area contributed by atoms with Crippen LogP contribution < -0.4 is 9.47 Å². The molecule has 0 aromatic heterocycles. The third-order valence-corrected chi connectivity index (χ3v) is 2.88. The minimum atomic E-state index is 0.685. The van der Waals surface area contributed by atoms with Crippen LogP contribution in [0.4, 0.5) is 0 Å². The maximum absolute atomic E-state index is 9.52. The van der Waals surface area contributed by atoms with Gasteiger partial charge in [-0.3, -0.25) is 0 Å². The van der Waals surface area contributed by atoms with Gasteiger partial charge in [0.05, 0.1) is 20.5 Å². The summed E-state index contributed by atoms with van der Waals surface area (Å²) in [5.41, 5.74) is 2.49. The van der Waals surface area contributed by atoms with E-state index in [2.05, 4.69) is 0 Å². The highest BCUT2D eigenvalue weighted by Gasteiger charge is 2.08. The molecule has 0 aliphatic heterocycles. The molecule has 2 aromatic rings. The Morgan fingerprint density at radius 2 is 1.47 bits per heavy atom. The molecule has 0 amide bonds. The Hall–Kier alpha value is -2.42. The lowest BCUT2D eigenvalue weighted by Gasteiger charge is -2.11. The first-order chi connectivity index (χ1) is 9.28. The second-order valence-electron chi connectivity index (χ2n) is 4.01. The lowest BCUT2D eigenvalue weighted by molar-refractivity contribution is 0.394. The summed E-state index contributed by atoms with van der Waals surface area (Å²) in [5.74, 6) is 1.37. The van der Waals surface area contributed by atoms with Gasteiger partial charge in [0.15, 0.2) is 0 Å². The van der Waals surface area contributed by atoms with Crippen molar-refractivity contribution in [1.82, 2.24) is 0 Å². The zero-order valence-electron chi connectivity index (χ0n) is 11.0. The summed E-state index contributed by atoms with van der Waals surface area (Å²) < 4.78 is 10.5. The summed E-state index contributed by atoms with van der Waals surface area (Å²) in [7, 11) is 3.20. The summed E-state index contributed by atoms with van der Waals surface area (Å²) in [6, 6.07) is 15.2. The molecule has 2 rings (SSSR count). The molecule has 19 heavy (non-hydrogen) atoms. The van der Waals surface area contributed by atoms with Crippen LogP contribution in [0.2, 0.25) is 0 Å². The van der Waals surface area contributed by atoms with Crippen LogP contribution in [-0.4, -0.2) is 19.3 Å². The van der Waals surface area contributed by atoms with Crippen LogP contribution in [0.15, 0.2) is 54.8 Å². The number of hydrogen-bond donors (Lipinski definition) is 1. The molecule has 0 bridgehead atoms. The highest BCUT2D eigenvalue weighted by atomic mass is 16.5. The van der Waals surface area contributed by atoms with Gasteiger partial charge >= 0.3 is 0 Å². The molecule has 2 aromatic carbocycles.